The normalized spacial score (nSPS) is 26.9. The highest BCUT2D eigenvalue weighted by Crippen LogP contribution is 2.16. The first kappa shape index (κ1) is 6.40. The lowest BCUT2D eigenvalue weighted by molar-refractivity contribution is 1.07. The smallest absolute Gasteiger partial charge is 0.133 e. The summed E-state index contributed by atoms with van der Waals surface area (Å²) < 4.78 is 0. The van der Waals surface area contributed by atoms with Gasteiger partial charge in [-0.2, -0.15) is 0 Å². The van der Waals surface area contributed by atoms with Gasteiger partial charge in [-0.15, -0.1) is 0 Å². The molecule has 1 heterocycles. The second-order valence-corrected chi connectivity index (χ2v) is 3.16. The van der Waals surface area contributed by atoms with Gasteiger partial charge in [-0.1, -0.05) is 0 Å². The van der Waals surface area contributed by atoms with E-state index in [2.05, 4.69) is 5.32 Å². The van der Waals surface area contributed by atoms with Gasteiger partial charge in [0.2, 0.25) is 0 Å². The molecule has 52 valence electrons. The molecule has 0 saturated heterocycles. The van der Waals surface area contributed by atoms with Gasteiger partial charge in [0, 0.05) is 0 Å². The van der Waals surface area contributed by atoms with Crippen LogP contribution in [-0.4, -0.2) is 5.11 Å². The highest BCUT2D eigenvalue weighted by atomic mass is 32.2. The van der Waals surface area contributed by atoms with Gasteiger partial charge in [0.25, 0.3) is 0 Å². The molecule has 0 fully saturated rings. The first-order chi connectivity index (χ1) is 4.13. The Labute approximate surface area is 55.1 Å². The molecule has 1 rings (SSSR count). The maximum Gasteiger partial charge on any atom is 0.133 e. The van der Waals surface area contributed by atoms with Gasteiger partial charge in [-0.3, -0.25) is 10.9 Å². The monoisotopic (exact) mass is 147 g/mol. The van der Waals surface area contributed by atoms with E-state index in [0.717, 1.165) is 0 Å². The van der Waals surface area contributed by atoms with Crippen LogP contribution in [0.5, 0.6) is 0 Å². The maximum atomic E-state index is 5.45. The SMILES string of the molecule is NC1=C(N)S(N)=C(N)N1. The van der Waals surface area contributed by atoms with Crippen molar-refractivity contribution in [3.8, 4) is 0 Å². The third-order valence-electron chi connectivity index (χ3n) is 0.997. The Kier molecular flexibility index (Phi) is 1.35. The zero-order chi connectivity index (χ0) is 7.02. The lowest BCUT2D eigenvalue weighted by Crippen LogP contribution is -2.30. The van der Waals surface area contributed by atoms with Gasteiger partial charge in [-0.05, 0) is 10.7 Å². The Morgan fingerprint density at radius 1 is 1.22 bits per heavy atom. The fourth-order valence-electron chi connectivity index (χ4n) is 0.486. The van der Waals surface area contributed by atoms with Crippen LogP contribution in [0.4, 0.5) is 0 Å². The number of nitrogens with one attached hydrogen (secondary N) is 1. The van der Waals surface area contributed by atoms with Crippen LogP contribution in [0.2, 0.25) is 0 Å². The fraction of sp³-hybridized carbons (Fsp3) is 0. The molecule has 0 aromatic heterocycles. The Bertz CT molecular complexity index is 182. The van der Waals surface area contributed by atoms with Crippen molar-refractivity contribution in [1.29, 1.82) is 0 Å². The average Bonchev–Trinajstić information content (AvgIpc) is 1.98. The van der Waals surface area contributed by atoms with E-state index < -0.39 is 10.7 Å². The van der Waals surface area contributed by atoms with Crippen LogP contribution in [-0.2, 0) is 0 Å². The summed E-state index contributed by atoms with van der Waals surface area (Å²) >= 11 is 0. The molecule has 1 aliphatic rings. The molecule has 6 heteroatoms. The van der Waals surface area contributed by atoms with E-state index >= 15 is 0 Å². The van der Waals surface area contributed by atoms with Crippen LogP contribution >= 0.6 is 10.7 Å². The lowest BCUT2D eigenvalue weighted by Gasteiger charge is -1.94. The molecule has 1 aliphatic heterocycles. The van der Waals surface area contributed by atoms with Crippen molar-refractivity contribution in [1.82, 2.24) is 5.32 Å². The molecule has 0 aliphatic carbocycles. The minimum Gasteiger partial charge on any atom is -0.390 e. The zero-order valence-corrected chi connectivity index (χ0v) is 5.53. The average molecular weight is 147 g/mol. The number of nitrogens with two attached hydrogens (primary N) is 4. The molecule has 0 spiro atoms. The van der Waals surface area contributed by atoms with Crippen LogP contribution in [0, 0.1) is 0 Å². The van der Waals surface area contributed by atoms with Crippen LogP contribution in [0.15, 0.2) is 10.9 Å². The van der Waals surface area contributed by atoms with Crippen LogP contribution in [0.25, 0.3) is 0 Å². The number of hydrogen-bond acceptors (Lipinski definition) is 5. The second-order valence-electron chi connectivity index (χ2n) is 1.60. The van der Waals surface area contributed by atoms with Crippen molar-refractivity contribution >= 4 is 15.8 Å². The summed E-state index contributed by atoms with van der Waals surface area (Å²) in [6.07, 6.45) is 0. The molecular formula is C3H9N5S. The van der Waals surface area contributed by atoms with E-state index in [1.54, 1.807) is 0 Å². The van der Waals surface area contributed by atoms with Crippen molar-refractivity contribution in [2.45, 2.75) is 0 Å². The highest BCUT2D eigenvalue weighted by molar-refractivity contribution is 8.17. The van der Waals surface area contributed by atoms with Gasteiger partial charge in [0.15, 0.2) is 0 Å². The van der Waals surface area contributed by atoms with Gasteiger partial charge in [0.1, 0.15) is 16.0 Å². The Hall–Kier alpha value is -0.720. The summed E-state index contributed by atoms with van der Waals surface area (Å²) in [4.78, 5) is 0. The molecule has 0 aromatic rings. The predicted molar refractivity (Wildman–Crippen MR) is 39.5 cm³/mol. The Morgan fingerprint density at radius 3 is 1.89 bits per heavy atom. The minimum atomic E-state index is -0.677. The van der Waals surface area contributed by atoms with E-state index in [-0.39, 0.29) is 0 Å². The van der Waals surface area contributed by atoms with Crippen LogP contribution < -0.4 is 27.7 Å². The summed E-state index contributed by atoms with van der Waals surface area (Å²) in [6.45, 7) is 0. The molecule has 0 radical (unpaired) electrons. The van der Waals surface area contributed by atoms with E-state index in [0.29, 0.717) is 16.0 Å². The van der Waals surface area contributed by atoms with E-state index in [1.165, 1.54) is 0 Å². The van der Waals surface area contributed by atoms with Gasteiger partial charge >= 0.3 is 0 Å². The van der Waals surface area contributed by atoms with Crippen LogP contribution in [0.1, 0.15) is 0 Å². The number of rotatable bonds is 0. The number of hydrogen-bond donors (Lipinski definition) is 5. The molecule has 0 amide bonds. The van der Waals surface area contributed by atoms with Gasteiger partial charge in [-0.25, -0.2) is 0 Å². The van der Waals surface area contributed by atoms with E-state index in [4.69, 9.17) is 22.3 Å². The van der Waals surface area contributed by atoms with Gasteiger partial charge < -0.3 is 16.8 Å². The first-order valence-corrected chi connectivity index (χ1v) is 3.55. The van der Waals surface area contributed by atoms with Crippen molar-refractivity contribution in [3.63, 3.8) is 0 Å². The maximum absolute atomic E-state index is 5.45. The topological polar surface area (TPSA) is 116 Å². The van der Waals surface area contributed by atoms with E-state index in [9.17, 15) is 0 Å². The van der Waals surface area contributed by atoms with E-state index in [1.807, 2.05) is 0 Å². The Balaban J connectivity index is 2.97. The third-order valence-corrected chi connectivity index (χ3v) is 2.27. The van der Waals surface area contributed by atoms with Crippen molar-refractivity contribution in [2.24, 2.45) is 22.3 Å². The molecule has 1 unspecified atom stereocenters. The van der Waals surface area contributed by atoms with Gasteiger partial charge in [0.05, 0.1) is 0 Å². The molecule has 9 heavy (non-hydrogen) atoms. The highest BCUT2D eigenvalue weighted by Gasteiger charge is 2.12. The lowest BCUT2D eigenvalue weighted by atomic mass is 10.7. The first-order valence-electron chi connectivity index (χ1n) is 2.26. The molecule has 0 aromatic carbocycles. The summed E-state index contributed by atoms with van der Waals surface area (Å²) in [5.74, 6) is 0.373. The molecule has 5 nitrogen and oxygen atoms in total. The molecular weight excluding hydrogens is 138 g/mol. The molecule has 1 atom stereocenters. The fourth-order valence-corrected chi connectivity index (χ4v) is 1.23. The van der Waals surface area contributed by atoms with Crippen molar-refractivity contribution in [3.05, 3.63) is 10.9 Å². The molecule has 9 N–H and O–H groups in total. The summed E-state index contributed by atoms with van der Waals surface area (Å²) in [7, 11) is -0.677. The second kappa shape index (κ2) is 1.90. The molecule has 0 saturated carbocycles. The predicted octanol–water partition coefficient (Wildman–Crippen LogP) is -2.18. The minimum absolute atomic E-state index is 0.373. The summed E-state index contributed by atoms with van der Waals surface area (Å²) in [6, 6.07) is 0. The van der Waals surface area contributed by atoms with Crippen LogP contribution in [0.3, 0.4) is 0 Å². The van der Waals surface area contributed by atoms with Crippen molar-refractivity contribution in [2.75, 3.05) is 0 Å². The summed E-state index contributed by atoms with van der Waals surface area (Å²) in [5.41, 5.74) is 16.1. The standard InChI is InChI=1S/C3H9N5S/c4-1-2(5)9(7)3(6)8-1/h8H,4-7H2. The summed E-state index contributed by atoms with van der Waals surface area (Å²) in [5, 5.41) is 8.96. The largest absolute Gasteiger partial charge is 0.390 e. The Morgan fingerprint density at radius 2 is 1.78 bits per heavy atom. The zero-order valence-electron chi connectivity index (χ0n) is 4.72. The third kappa shape index (κ3) is 0.869. The quantitative estimate of drug-likeness (QED) is 0.250. The molecule has 0 bridgehead atoms. The van der Waals surface area contributed by atoms with Crippen molar-refractivity contribution < 1.29 is 0 Å².